The predicted molar refractivity (Wildman–Crippen MR) is 114 cm³/mol. The molecule has 0 aliphatic carbocycles. The van der Waals surface area contributed by atoms with E-state index < -0.39 is 21.6 Å². The normalized spacial score (nSPS) is 14.0. The van der Waals surface area contributed by atoms with Crippen molar-refractivity contribution in [2.45, 2.75) is 51.3 Å². The molecule has 0 amide bonds. The van der Waals surface area contributed by atoms with Gasteiger partial charge in [0.05, 0.1) is 17.7 Å². The highest BCUT2D eigenvalue weighted by molar-refractivity contribution is 7.88. The zero-order valence-electron chi connectivity index (χ0n) is 17.1. The number of sulfonamides is 1. The van der Waals surface area contributed by atoms with Gasteiger partial charge in [-0.25, -0.2) is 22.9 Å². The summed E-state index contributed by atoms with van der Waals surface area (Å²) in [6.45, 7) is 5.81. The summed E-state index contributed by atoms with van der Waals surface area (Å²) in [5, 5.41) is 17.8. The first-order chi connectivity index (χ1) is 14.0. The molecule has 0 unspecified atom stereocenters. The first-order valence-electron chi connectivity index (χ1n) is 9.53. The SMILES string of the molecule is CC(C)C[C@H](CO)Nc1nc(C[C@H](C)c2ccc(F)c(Cl)c2)nc(CS(N)(=O)=O)n1. The largest absolute Gasteiger partial charge is 0.394 e. The standard InChI is InChI=1S/C19H27ClFN5O3S/c1-11(2)6-14(9-27)23-19-25-17(24-18(26-19)10-30(22,28)29)7-12(3)13-4-5-16(21)15(20)8-13/h4-5,8,11-12,14,27H,6-7,9-10H2,1-3H3,(H2,22,28,29)(H,23,24,25,26)/t12-,14+/m0/s1. The molecule has 8 nitrogen and oxygen atoms in total. The molecule has 166 valence electrons. The topological polar surface area (TPSA) is 131 Å². The summed E-state index contributed by atoms with van der Waals surface area (Å²) in [7, 11) is -3.84. The average molecular weight is 460 g/mol. The minimum absolute atomic E-state index is 0.00979. The predicted octanol–water partition coefficient (Wildman–Crippen LogP) is 2.62. The smallest absolute Gasteiger partial charge is 0.226 e. The second kappa shape index (κ2) is 10.4. The fourth-order valence-electron chi connectivity index (χ4n) is 3.01. The molecular weight excluding hydrogens is 433 g/mol. The number of aromatic nitrogens is 3. The first-order valence-corrected chi connectivity index (χ1v) is 11.6. The molecule has 0 bridgehead atoms. The summed E-state index contributed by atoms with van der Waals surface area (Å²) >= 11 is 5.87. The van der Waals surface area contributed by atoms with Crippen molar-refractivity contribution in [1.82, 2.24) is 15.0 Å². The Kier molecular flexibility index (Phi) is 8.48. The summed E-state index contributed by atoms with van der Waals surface area (Å²) in [5.41, 5.74) is 0.789. The Hall–Kier alpha value is -1.88. The molecule has 0 spiro atoms. The number of nitrogens with zero attached hydrogens (tertiary/aromatic N) is 3. The molecule has 0 aliphatic heterocycles. The van der Waals surface area contributed by atoms with Crippen molar-refractivity contribution in [2.24, 2.45) is 11.1 Å². The molecule has 1 aromatic carbocycles. The lowest BCUT2D eigenvalue weighted by Gasteiger charge is -2.19. The molecule has 0 aliphatic rings. The van der Waals surface area contributed by atoms with Crippen LogP contribution >= 0.6 is 11.6 Å². The van der Waals surface area contributed by atoms with Gasteiger partial charge in [0, 0.05) is 6.42 Å². The number of nitrogens with two attached hydrogens (primary N) is 1. The van der Waals surface area contributed by atoms with Gasteiger partial charge in [0.15, 0.2) is 5.82 Å². The Labute approximate surface area is 181 Å². The Bertz CT molecular complexity index is 975. The van der Waals surface area contributed by atoms with Crippen molar-refractivity contribution in [3.8, 4) is 0 Å². The van der Waals surface area contributed by atoms with E-state index >= 15 is 0 Å². The maximum Gasteiger partial charge on any atom is 0.226 e. The Morgan fingerprint density at radius 2 is 1.87 bits per heavy atom. The number of hydrogen-bond donors (Lipinski definition) is 3. The van der Waals surface area contributed by atoms with Crippen molar-refractivity contribution in [3.63, 3.8) is 0 Å². The number of halogens is 2. The summed E-state index contributed by atoms with van der Waals surface area (Å²) in [6.07, 6.45) is 1.01. The third kappa shape index (κ3) is 7.75. The maximum atomic E-state index is 13.4. The van der Waals surface area contributed by atoms with Gasteiger partial charge < -0.3 is 10.4 Å². The van der Waals surface area contributed by atoms with Gasteiger partial charge in [-0.05, 0) is 36.0 Å². The van der Waals surface area contributed by atoms with E-state index in [1.807, 2.05) is 20.8 Å². The Morgan fingerprint density at radius 1 is 1.20 bits per heavy atom. The van der Waals surface area contributed by atoms with E-state index in [1.165, 1.54) is 12.1 Å². The van der Waals surface area contributed by atoms with Crippen molar-refractivity contribution < 1.29 is 17.9 Å². The summed E-state index contributed by atoms with van der Waals surface area (Å²) in [5.74, 6) is -0.316. The van der Waals surface area contributed by atoms with Crippen molar-refractivity contribution >= 4 is 27.6 Å². The third-order valence-electron chi connectivity index (χ3n) is 4.37. The summed E-state index contributed by atoms with van der Waals surface area (Å²) < 4.78 is 36.5. The second-order valence-corrected chi connectivity index (χ2v) is 9.75. The van der Waals surface area contributed by atoms with Gasteiger partial charge in [0.1, 0.15) is 17.4 Å². The van der Waals surface area contributed by atoms with Crippen LogP contribution in [-0.2, 0) is 22.2 Å². The first kappa shape index (κ1) is 24.4. The lowest BCUT2D eigenvalue weighted by molar-refractivity contribution is 0.259. The molecule has 0 saturated carbocycles. The zero-order valence-corrected chi connectivity index (χ0v) is 18.7. The monoisotopic (exact) mass is 459 g/mol. The maximum absolute atomic E-state index is 13.4. The van der Waals surface area contributed by atoms with Crippen LogP contribution in [0, 0.1) is 11.7 Å². The van der Waals surface area contributed by atoms with E-state index in [9.17, 15) is 17.9 Å². The molecule has 0 saturated heterocycles. The van der Waals surface area contributed by atoms with Crippen LogP contribution in [0.3, 0.4) is 0 Å². The van der Waals surface area contributed by atoms with Gasteiger partial charge in [0.25, 0.3) is 0 Å². The Balaban J connectivity index is 2.31. The molecule has 4 N–H and O–H groups in total. The lowest BCUT2D eigenvalue weighted by atomic mass is 9.97. The van der Waals surface area contributed by atoms with Crippen LogP contribution in [-0.4, -0.2) is 41.1 Å². The minimum atomic E-state index is -3.84. The van der Waals surface area contributed by atoms with Gasteiger partial charge in [0.2, 0.25) is 16.0 Å². The molecule has 11 heteroatoms. The molecule has 0 radical (unpaired) electrons. The van der Waals surface area contributed by atoms with Crippen LogP contribution < -0.4 is 10.5 Å². The summed E-state index contributed by atoms with van der Waals surface area (Å²) in [6, 6.07) is 4.16. The van der Waals surface area contributed by atoms with E-state index in [0.717, 1.165) is 5.56 Å². The average Bonchev–Trinajstić information content (AvgIpc) is 2.61. The summed E-state index contributed by atoms with van der Waals surface area (Å²) in [4.78, 5) is 12.7. The van der Waals surface area contributed by atoms with Crippen molar-refractivity contribution in [3.05, 3.63) is 46.3 Å². The quantitative estimate of drug-likeness (QED) is 0.497. The Morgan fingerprint density at radius 3 is 2.43 bits per heavy atom. The van der Waals surface area contributed by atoms with E-state index in [4.69, 9.17) is 16.7 Å². The number of aliphatic hydroxyl groups is 1. The number of hydrogen-bond acceptors (Lipinski definition) is 7. The van der Waals surface area contributed by atoms with Crippen LogP contribution in [0.4, 0.5) is 10.3 Å². The van der Waals surface area contributed by atoms with Crippen molar-refractivity contribution in [2.75, 3.05) is 11.9 Å². The van der Waals surface area contributed by atoms with Crippen molar-refractivity contribution in [1.29, 1.82) is 0 Å². The minimum Gasteiger partial charge on any atom is -0.394 e. The van der Waals surface area contributed by atoms with Crippen LogP contribution in [0.25, 0.3) is 0 Å². The number of nitrogens with one attached hydrogen (secondary N) is 1. The van der Waals surface area contributed by atoms with Crippen LogP contribution in [0.5, 0.6) is 0 Å². The van der Waals surface area contributed by atoms with Gasteiger partial charge in [-0.3, -0.25) is 0 Å². The molecule has 30 heavy (non-hydrogen) atoms. The molecule has 2 aromatic rings. The van der Waals surface area contributed by atoms with Gasteiger partial charge >= 0.3 is 0 Å². The zero-order chi connectivity index (χ0) is 22.5. The fraction of sp³-hybridized carbons (Fsp3) is 0.526. The molecule has 2 atom stereocenters. The number of aliphatic hydroxyl groups excluding tert-OH is 1. The molecule has 1 heterocycles. The van der Waals surface area contributed by atoms with Crippen LogP contribution in [0.15, 0.2) is 18.2 Å². The highest BCUT2D eigenvalue weighted by Crippen LogP contribution is 2.24. The molecule has 1 aromatic heterocycles. The number of benzene rings is 1. The van der Waals surface area contributed by atoms with Gasteiger partial charge in [-0.2, -0.15) is 9.97 Å². The molecule has 0 fully saturated rings. The van der Waals surface area contributed by atoms with E-state index in [0.29, 0.717) is 24.6 Å². The van der Waals surface area contributed by atoms with Crippen LogP contribution in [0.2, 0.25) is 5.02 Å². The lowest BCUT2D eigenvalue weighted by Crippen LogP contribution is -2.28. The highest BCUT2D eigenvalue weighted by Gasteiger charge is 2.18. The fourth-order valence-corrected chi connectivity index (χ4v) is 3.69. The number of primary sulfonamides is 1. The van der Waals surface area contributed by atoms with E-state index in [2.05, 4.69) is 20.3 Å². The number of anilines is 1. The highest BCUT2D eigenvalue weighted by atomic mass is 35.5. The molecule has 2 rings (SSSR count). The third-order valence-corrected chi connectivity index (χ3v) is 5.32. The van der Waals surface area contributed by atoms with Gasteiger partial charge in [-0.15, -0.1) is 0 Å². The second-order valence-electron chi connectivity index (χ2n) is 7.73. The van der Waals surface area contributed by atoms with E-state index in [1.54, 1.807) is 6.07 Å². The molecular formula is C19H27ClFN5O3S. The number of rotatable bonds is 10. The van der Waals surface area contributed by atoms with Crippen LogP contribution in [0.1, 0.15) is 50.3 Å². The van der Waals surface area contributed by atoms with E-state index in [-0.39, 0.29) is 35.4 Å². The van der Waals surface area contributed by atoms with Gasteiger partial charge in [-0.1, -0.05) is 38.4 Å².